The summed E-state index contributed by atoms with van der Waals surface area (Å²) >= 11 is 0. The van der Waals surface area contributed by atoms with E-state index in [1.165, 1.54) is 16.9 Å². The number of rotatable bonds is 4. The standard InChI is InChI=1S/C11H12FN3O2S/c1-18(16,17)8-10-7-15(14-13-10)6-9-4-2-3-5-11(9)12/h2-5,7H,6,8H2,1H3. The normalized spacial score (nSPS) is 11.7. The fourth-order valence-corrected chi connectivity index (χ4v) is 2.22. The summed E-state index contributed by atoms with van der Waals surface area (Å²) in [5.74, 6) is -0.484. The molecule has 0 fully saturated rings. The summed E-state index contributed by atoms with van der Waals surface area (Å²) in [6.07, 6.45) is 2.64. The van der Waals surface area contributed by atoms with Crippen LogP contribution in [-0.2, 0) is 22.1 Å². The minimum Gasteiger partial charge on any atom is -0.248 e. The molecule has 0 aliphatic carbocycles. The van der Waals surface area contributed by atoms with Crippen LogP contribution >= 0.6 is 0 Å². The van der Waals surface area contributed by atoms with Crippen LogP contribution in [-0.4, -0.2) is 29.7 Å². The first-order chi connectivity index (χ1) is 8.44. The van der Waals surface area contributed by atoms with E-state index in [1.54, 1.807) is 18.2 Å². The molecule has 96 valence electrons. The molecule has 0 bridgehead atoms. The molecule has 0 atom stereocenters. The molecule has 1 aromatic carbocycles. The first kappa shape index (κ1) is 12.7. The second kappa shape index (κ2) is 4.85. The molecular formula is C11H12FN3O2S. The summed E-state index contributed by atoms with van der Waals surface area (Å²) in [5.41, 5.74) is 0.835. The lowest BCUT2D eigenvalue weighted by Gasteiger charge is -2.01. The zero-order chi connectivity index (χ0) is 13.2. The molecule has 0 saturated heterocycles. The van der Waals surface area contributed by atoms with Crippen molar-refractivity contribution in [1.82, 2.24) is 15.0 Å². The minimum atomic E-state index is -3.13. The van der Waals surface area contributed by atoms with Crippen LogP contribution in [0.2, 0.25) is 0 Å². The van der Waals surface area contributed by atoms with E-state index in [0.717, 1.165) is 6.26 Å². The number of halogens is 1. The van der Waals surface area contributed by atoms with Gasteiger partial charge in [0.15, 0.2) is 9.84 Å². The molecule has 0 amide bonds. The zero-order valence-electron chi connectivity index (χ0n) is 9.75. The Morgan fingerprint density at radius 3 is 2.72 bits per heavy atom. The molecule has 7 heteroatoms. The maximum atomic E-state index is 13.4. The number of sulfone groups is 1. The Morgan fingerprint density at radius 1 is 1.33 bits per heavy atom. The molecule has 5 nitrogen and oxygen atoms in total. The molecule has 0 aliphatic heterocycles. The van der Waals surface area contributed by atoms with Crippen molar-refractivity contribution >= 4 is 9.84 Å². The van der Waals surface area contributed by atoms with Crippen molar-refractivity contribution in [2.75, 3.05) is 6.26 Å². The maximum Gasteiger partial charge on any atom is 0.153 e. The third-order valence-corrected chi connectivity index (χ3v) is 3.11. The molecule has 0 unspecified atom stereocenters. The number of nitrogens with zero attached hydrogens (tertiary/aromatic N) is 3. The van der Waals surface area contributed by atoms with Gasteiger partial charge in [0.25, 0.3) is 0 Å². The third kappa shape index (κ3) is 3.36. The molecule has 2 aromatic rings. The molecular weight excluding hydrogens is 257 g/mol. The van der Waals surface area contributed by atoms with Gasteiger partial charge >= 0.3 is 0 Å². The average Bonchev–Trinajstić information content (AvgIpc) is 2.66. The van der Waals surface area contributed by atoms with Crippen LogP contribution in [0.5, 0.6) is 0 Å². The molecule has 0 aliphatic rings. The van der Waals surface area contributed by atoms with Crippen molar-refractivity contribution in [2.24, 2.45) is 0 Å². The predicted molar refractivity (Wildman–Crippen MR) is 64.1 cm³/mol. The highest BCUT2D eigenvalue weighted by atomic mass is 32.2. The Morgan fingerprint density at radius 2 is 2.06 bits per heavy atom. The van der Waals surface area contributed by atoms with Gasteiger partial charge in [0, 0.05) is 18.0 Å². The fraction of sp³-hybridized carbons (Fsp3) is 0.273. The number of hydrogen-bond acceptors (Lipinski definition) is 4. The minimum absolute atomic E-state index is 0.162. The lowest BCUT2D eigenvalue weighted by Crippen LogP contribution is -2.02. The first-order valence-electron chi connectivity index (χ1n) is 5.24. The van der Waals surface area contributed by atoms with E-state index < -0.39 is 9.84 Å². The smallest absolute Gasteiger partial charge is 0.153 e. The van der Waals surface area contributed by atoms with Gasteiger partial charge in [-0.1, -0.05) is 23.4 Å². The van der Waals surface area contributed by atoms with E-state index in [4.69, 9.17) is 0 Å². The average molecular weight is 269 g/mol. The summed E-state index contributed by atoms with van der Waals surface area (Å²) in [4.78, 5) is 0. The Bertz CT molecular complexity index is 652. The third-order valence-electron chi connectivity index (χ3n) is 2.29. The Hall–Kier alpha value is -1.76. The van der Waals surface area contributed by atoms with E-state index in [0.29, 0.717) is 11.3 Å². The number of hydrogen-bond donors (Lipinski definition) is 0. The van der Waals surface area contributed by atoms with E-state index in [-0.39, 0.29) is 18.1 Å². The fourth-order valence-electron chi connectivity index (χ4n) is 1.55. The lowest BCUT2D eigenvalue weighted by atomic mass is 10.2. The molecule has 18 heavy (non-hydrogen) atoms. The van der Waals surface area contributed by atoms with E-state index in [9.17, 15) is 12.8 Å². The van der Waals surface area contributed by atoms with Crippen molar-refractivity contribution in [1.29, 1.82) is 0 Å². The summed E-state index contributed by atoms with van der Waals surface area (Å²) < 4.78 is 37.0. The summed E-state index contributed by atoms with van der Waals surface area (Å²) in [5, 5.41) is 7.51. The Balaban J connectivity index is 2.14. The number of benzene rings is 1. The highest BCUT2D eigenvalue weighted by molar-refractivity contribution is 7.89. The largest absolute Gasteiger partial charge is 0.248 e. The topological polar surface area (TPSA) is 64.8 Å². The van der Waals surface area contributed by atoms with Gasteiger partial charge in [-0.2, -0.15) is 0 Å². The lowest BCUT2D eigenvalue weighted by molar-refractivity contribution is 0.577. The second-order valence-corrected chi connectivity index (χ2v) is 6.21. The zero-order valence-corrected chi connectivity index (χ0v) is 10.6. The van der Waals surface area contributed by atoms with Gasteiger partial charge in [0.1, 0.15) is 5.82 Å². The Labute approximate surface area is 104 Å². The highest BCUT2D eigenvalue weighted by Gasteiger charge is 2.09. The van der Waals surface area contributed by atoms with Crippen molar-refractivity contribution in [3.8, 4) is 0 Å². The van der Waals surface area contributed by atoms with Crippen LogP contribution in [0.15, 0.2) is 30.5 Å². The van der Waals surface area contributed by atoms with Crippen LogP contribution in [0.1, 0.15) is 11.3 Å². The monoisotopic (exact) mass is 269 g/mol. The maximum absolute atomic E-state index is 13.4. The molecule has 0 N–H and O–H groups in total. The van der Waals surface area contributed by atoms with E-state index in [1.807, 2.05) is 0 Å². The predicted octanol–water partition coefficient (Wildman–Crippen LogP) is 1.01. The summed E-state index contributed by atoms with van der Waals surface area (Å²) in [6, 6.07) is 6.35. The van der Waals surface area contributed by atoms with E-state index in [2.05, 4.69) is 10.3 Å². The van der Waals surface area contributed by atoms with Gasteiger partial charge in [0.2, 0.25) is 0 Å². The van der Waals surface area contributed by atoms with Crippen LogP contribution in [0.25, 0.3) is 0 Å². The van der Waals surface area contributed by atoms with Crippen LogP contribution < -0.4 is 0 Å². The Kier molecular flexibility index (Phi) is 3.42. The quantitative estimate of drug-likeness (QED) is 0.831. The van der Waals surface area contributed by atoms with Crippen molar-refractivity contribution in [2.45, 2.75) is 12.3 Å². The molecule has 2 rings (SSSR count). The van der Waals surface area contributed by atoms with Gasteiger partial charge in [0.05, 0.1) is 18.0 Å². The van der Waals surface area contributed by atoms with Gasteiger partial charge in [-0.15, -0.1) is 5.10 Å². The van der Waals surface area contributed by atoms with E-state index >= 15 is 0 Å². The molecule has 0 radical (unpaired) electrons. The van der Waals surface area contributed by atoms with Gasteiger partial charge in [-0.05, 0) is 6.07 Å². The van der Waals surface area contributed by atoms with Crippen molar-refractivity contribution in [3.05, 3.63) is 47.5 Å². The van der Waals surface area contributed by atoms with Crippen LogP contribution in [0.3, 0.4) is 0 Å². The molecule has 0 spiro atoms. The molecule has 1 heterocycles. The summed E-state index contributed by atoms with van der Waals surface area (Å²) in [7, 11) is -3.13. The SMILES string of the molecule is CS(=O)(=O)Cc1cn(Cc2ccccc2F)nn1. The van der Waals surface area contributed by atoms with Crippen molar-refractivity contribution in [3.63, 3.8) is 0 Å². The molecule has 1 aromatic heterocycles. The van der Waals surface area contributed by atoms with Crippen molar-refractivity contribution < 1.29 is 12.8 Å². The second-order valence-electron chi connectivity index (χ2n) is 4.07. The van der Waals surface area contributed by atoms with Gasteiger partial charge in [-0.25, -0.2) is 17.5 Å². The van der Waals surface area contributed by atoms with Crippen LogP contribution in [0.4, 0.5) is 4.39 Å². The van der Waals surface area contributed by atoms with Gasteiger partial charge < -0.3 is 0 Å². The molecule has 0 saturated carbocycles. The van der Waals surface area contributed by atoms with Gasteiger partial charge in [-0.3, -0.25) is 0 Å². The summed E-state index contributed by atoms with van der Waals surface area (Å²) in [6.45, 7) is 0.226. The first-order valence-corrected chi connectivity index (χ1v) is 7.30. The number of aromatic nitrogens is 3. The highest BCUT2D eigenvalue weighted by Crippen LogP contribution is 2.08. The van der Waals surface area contributed by atoms with Crippen LogP contribution in [0, 0.1) is 5.82 Å².